The van der Waals surface area contributed by atoms with Crippen LogP contribution >= 0.6 is 0 Å². The first kappa shape index (κ1) is 13.4. The van der Waals surface area contributed by atoms with Crippen LogP contribution in [0, 0.1) is 6.92 Å². The van der Waals surface area contributed by atoms with E-state index in [2.05, 4.69) is 52.8 Å². The number of benzene rings is 2. The number of pyridine rings is 1. The minimum absolute atomic E-state index is 0.673. The molecule has 3 heteroatoms. The summed E-state index contributed by atoms with van der Waals surface area (Å²) in [7, 11) is 1.68. The highest BCUT2D eigenvalue weighted by Crippen LogP contribution is 2.23. The molecule has 0 unspecified atom stereocenters. The molecule has 0 aliphatic carbocycles. The SMILES string of the molecule is COc1cc(C)nc(CNc2cccc3ccccc23)c1. The van der Waals surface area contributed by atoms with Crippen molar-refractivity contribution in [1.29, 1.82) is 0 Å². The van der Waals surface area contributed by atoms with Crippen LogP contribution in [0.5, 0.6) is 5.75 Å². The van der Waals surface area contributed by atoms with E-state index in [1.54, 1.807) is 7.11 Å². The topological polar surface area (TPSA) is 34.1 Å². The molecule has 0 aliphatic rings. The summed E-state index contributed by atoms with van der Waals surface area (Å²) in [5.74, 6) is 0.845. The Morgan fingerprint density at radius 1 is 1.05 bits per heavy atom. The maximum Gasteiger partial charge on any atom is 0.122 e. The van der Waals surface area contributed by atoms with E-state index < -0.39 is 0 Å². The van der Waals surface area contributed by atoms with Crippen molar-refractivity contribution in [1.82, 2.24) is 4.98 Å². The highest BCUT2D eigenvalue weighted by Gasteiger charge is 2.03. The number of rotatable bonds is 4. The number of aryl methyl sites for hydroxylation is 1. The molecule has 0 amide bonds. The Hall–Kier alpha value is -2.55. The highest BCUT2D eigenvalue weighted by molar-refractivity contribution is 5.93. The minimum Gasteiger partial charge on any atom is -0.497 e. The molecule has 3 rings (SSSR count). The molecule has 0 spiro atoms. The van der Waals surface area contributed by atoms with E-state index >= 15 is 0 Å². The largest absolute Gasteiger partial charge is 0.497 e. The predicted molar refractivity (Wildman–Crippen MR) is 86.8 cm³/mol. The molecule has 0 saturated carbocycles. The fourth-order valence-corrected chi connectivity index (χ4v) is 2.48. The fraction of sp³-hybridized carbons (Fsp3) is 0.167. The fourth-order valence-electron chi connectivity index (χ4n) is 2.48. The lowest BCUT2D eigenvalue weighted by Crippen LogP contribution is -2.03. The number of fused-ring (bicyclic) bond motifs is 1. The van der Waals surface area contributed by atoms with Crippen LogP contribution in [0.4, 0.5) is 5.69 Å². The molecule has 0 saturated heterocycles. The van der Waals surface area contributed by atoms with Crippen molar-refractivity contribution in [2.45, 2.75) is 13.5 Å². The molecule has 2 aromatic carbocycles. The Bertz CT molecular complexity index is 763. The van der Waals surface area contributed by atoms with Crippen LogP contribution in [0.15, 0.2) is 54.6 Å². The smallest absolute Gasteiger partial charge is 0.122 e. The van der Waals surface area contributed by atoms with Crippen LogP contribution in [0.2, 0.25) is 0 Å². The standard InChI is InChI=1S/C18H18N2O/c1-13-10-16(21-2)11-15(20-13)12-19-18-9-5-7-14-6-3-4-8-17(14)18/h3-11,19H,12H2,1-2H3. The van der Waals surface area contributed by atoms with E-state index in [1.165, 1.54) is 10.8 Å². The zero-order valence-corrected chi connectivity index (χ0v) is 12.3. The molecule has 1 aromatic heterocycles. The Balaban J connectivity index is 1.85. The average molecular weight is 278 g/mol. The van der Waals surface area contributed by atoms with E-state index in [0.29, 0.717) is 6.54 Å². The number of hydrogen-bond donors (Lipinski definition) is 1. The van der Waals surface area contributed by atoms with Crippen molar-refractivity contribution < 1.29 is 4.74 Å². The van der Waals surface area contributed by atoms with Crippen LogP contribution in [0.1, 0.15) is 11.4 Å². The van der Waals surface area contributed by atoms with Crippen molar-refractivity contribution in [3.8, 4) is 5.75 Å². The van der Waals surface area contributed by atoms with E-state index in [1.807, 2.05) is 19.1 Å². The Kier molecular flexibility index (Phi) is 3.73. The number of anilines is 1. The summed E-state index contributed by atoms with van der Waals surface area (Å²) < 4.78 is 5.29. The lowest BCUT2D eigenvalue weighted by Gasteiger charge is -2.11. The maximum atomic E-state index is 5.29. The van der Waals surface area contributed by atoms with Crippen LogP contribution < -0.4 is 10.1 Å². The van der Waals surface area contributed by atoms with Crippen molar-refractivity contribution in [2.24, 2.45) is 0 Å². The van der Waals surface area contributed by atoms with Gasteiger partial charge in [-0.3, -0.25) is 4.98 Å². The third-order valence-corrected chi connectivity index (χ3v) is 3.47. The second-order valence-corrected chi connectivity index (χ2v) is 5.02. The predicted octanol–water partition coefficient (Wildman–Crippen LogP) is 4.16. The lowest BCUT2D eigenvalue weighted by atomic mass is 10.1. The number of methoxy groups -OCH3 is 1. The van der Waals surface area contributed by atoms with Gasteiger partial charge in [0.15, 0.2) is 0 Å². The van der Waals surface area contributed by atoms with Crippen molar-refractivity contribution in [3.63, 3.8) is 0 Å². The maximum absolute atomic E-state index is 5.29. The molecule has 106 valence electrons. The quantitative estimate of drug-likeness (QED) is 0.778. The second-order valence-electron chi connectivity index (χ2n) is 5.02. The average Bonchev–Trinajstić information content (AvgIpc) is 2.52. The number of aromatic nitrogens is 1. The Morgan fingerprint density at radius 3 is 2.71 bits per heavy atom. The Labute approximate surface area is 124 Å². The minimum atomic E-state index is 0.673. The van der Waals surface area contributed by atoms with Crippen molar-refractivity contribution in [3.05, 3.63) is 66.0 Å². The van der Waals surface area contributed by atoms with Gasteiger partial charge in [-0.05, 0) is 18.4 Å². The van der Waals surface area contributed by atoms with Crippen molar-refractivity contribution >= 4 is 16.5 Å². The van der Waals surface area contributed by atoms with E-state index in [9.17, 15) is 0 Å². The number of hydrogen-bond acceptors (Lipinski definition) is 3. The molecule has 0 fully saturated rings. The van der Waals surface area contributed by atoms with Gasteiger partial charge >= 0.3 is 0 Å². The zero-order valence-electron chi connectivity index (χ0n) is 12.3. The van der Waals surface area contributed by atoms with E-state index in [0.717, 1.165) is 22.8 Å². The van der Waals surface area contributed by atoms with Gasteiger partial charge in [0.2, 0.25) is 0 Å². The number of ether oxygens (including phenoxy) is 1. The molecule has 0 bridgehead atoms. The molecule has 0 aliphatic heterocycles. The normalized spacial score (nSPS) is 10.6. The lowest BCUT2D eigenvalue weighted by molar-refractivity contribution is 0.413. The first-order valence-electron chi connectivity index (χ1n) is 6.99. The summed E-state index contributed by atoms with van der Waals surface area (Å²) in [5, 5.41) is 5.92. The van der Waals surface area contributed by atoms with Gasteiger partial charge in [0, 0.05) is 28.9 Å². The number of nitrogens with zero attached hydrogens (tertiary/aromatic N) is 1. The monoisotopic (exact) mass is 278 g/mol. The van der Waals surface area contributed by atoms with E-state index in [-0.39, 0.29) is 0 Å². The van der Waals surface area contributed by atoms with Crippen LogP contribution in [-0.4, -0.2) is 12.1 Å². The first-order valence-corrected chi connectivity index (χ1v) is 6.99. The third kappa shape index (κ3) is 2.97. The molecule has 0 atom stereocenters. The summed E-state index contributed by atoms with van der Waals surface area (Å²) >= 11 is 0. The van der Waals surface area contributed by atoms with Gasteiger partial charge in [-0.2, -0.15) is 0 Å². The van der Waals surface area contributed by atoms with Gasteiger partial charge < -0.3 is 10.1 Å². The van der Waals surface area contributed by atoms with Gasteiger partial charge in [0.25, 0.3) is 0 Å². The molecule has 1 heterocycles. The Morgan fingerprint density at radius 2 is 1.86 bits per heavy atom. The molecule has 3 nitrogen and oxygen atoms in total. The summed E-state index contributed by atoms with van der Waals surface area (Å²) in [6.45, 7) is 2.65. The molecule has 3 aromatic rings. The van der Waals surface area contributed by atoms with Gasteiger partial charge in [-0.15, -0.1) is 0 Å². The molecule has 1 N–H and O–H groups in total. The first-order chi connectivity index (χ1) is 10.3. The molecule has 21 heavy (non-hydrogen) atoms. The summed E-state index contributed by atoms with van der Waals surface area (Å²) in [4.78, 5) is 4.53. The van der Waals surface area contributed by atoms with Gasteiger partial charge in [-0.1, -0.05) is 36.4 Å². The molecule has 0 radical (unpaired) electrons. The van der Waals surface area contributed by atoms with Crippen LogP contribution in [-0.2, 0) is 6.54 Å². The van der Waals surface area contributed by atoms with Gasteiger partial charge in [0.05, 0.1) is 19.3 Å². The summed E-state index contributed by atoms with van der Waals surface area (Å²) in [5.41, 5.74) is 3.05. The van der Waals surface area contributed by atoms with Gasteiger partial charge in [0.1, 0.15) is 5.75 Å². The summed E-state index contributed by atoms with van der Waals surface area (Å²) in [6, 6.07) is 18.5. The zero-order chi connectivity index (χ0) is 14.7. The molecular formula is C18H18N2O. The second kappa shape index (κ2) is 5.83. The summed E-state index contributed by atoms with van der Waals surface area (Å²) in [6.07, 6.45) is 0. The molecular weight excluding hydrogens is 260 g/mol. The third-order valence-electron chi connectivity index (χ3n) is 3.47. The number of nitrogens with one attached hydrogen (secondary N) is 1. The highest BCUT2D eigenvalue weighted by atomic mass is 16.5. The van der Waals surface area contributed by atoms with Crippen LogP contribution in [0.3, 0.4) is 0 Å². The van der Waals surface area contributed by atoms with Crippen LogP contribution in [0.25, 0.3) is 10.8 Å². The van der Waals surface area contributed by atoms with Crippen molar-refractivity contribution in [2.75, 3.05) is 12.4 Å². The van der Waals surface area contributed by atoms with E-state index in [4.69, 9.17) is 4.74 Å². The van der Waals surface area contributed by atoms with Gasteiger partial charge in [-0.25, -0.2) is 0 Å².